The fourth-order valence-electron chi connectivity index (χ4n) is 2.31. The third-order valence-electron chi connectivity index (χ3n) is 3.37. The highest BCUT2D eigenvalue weighted by Crippen LogP contribution is 2.21. The fraction of sp³-hybridized carbons (Fsp3) is 0.0588. The Balaban J connectivity index is 1.93. The number of benzene rings is 2. The summed E-state index contributed by atoms with van der Waals surface area (Å²) < 4.78 is 0. The number of hydrogen-bond acceptors (Lipinski definition) is 2. The maximum absolute atomic E-state index is 12.5. The van der Waals surface area contributed by atoms with E-state index in [-0.39, 0.29) is 5.91 Å². The highest BCUT2D eigenvalue weighted by atomic mass is 16.2. The van der Waals surface area contributed by atoms with Crippen molar-refractivity contribution in [3.63, 3.8) is 0 Å². The average Bonchev–Trinajstić information content (AvgIpc) is 2.53. The molecule has 20 heavy (non-hydrogen) atoms. The van der Waals surface area contributed by atoms with E-state index >= 15 is 0 Å². The molecule has 1 aliphatic heterocycles. The van der Waals surface area contributed by atoms with Crippen LogP contribution in [0.5, 0.6) is 0 Å². The lowest BCUT2D eigenvalue weighted by Gasteiger charge is -2.23. The van der Waals surface area contributed by atoms with Gasteiger partial charge >= 0.3 is 0 Å². The van der Waals surface area contributed by atoms with Gasteiger partial charge in [-0.25, -0.2) is 0 Å². The van der Waals surface area contributed by atoms with Crippen LogP contribution >= 0.6 is 0 Å². The molecule has 0 N–H and O–H groups in total. The summed E-state index contributed by atoms with van der Waals surface area (Å²) >= 11 is 0. The third kappa shape index (κ3) is 2.08. The number of hydrogen-bond donors (Lipinski definition) is 0. The van der Waals surface area contributed by atoms with E-state index in [1.165, 1.54) is 0 Å². The molecule has 0 aromatic heterocycles. The van der Waals surface area contributed by atoms with Crippen molar-refractivity contribution in [1.29, 1.82) is 5.26 Å². The molecule has 0 radical (unpaired) electrons. The molecule has 0 bridgehead atoms. The third-order valence-corrected chi connectivity index (χ3v) is 3.37. The van der Waals surface area contributed by atoms with E-state index in [0.29, 0.717) is 17.7 Å². The quantitative estimate of drug-likeness (QED) is 0.790. The lowest BCUT2D eigenvalue weighted by atomic mass is 10.0. The lowest BCUT2D eigenvalue weighted by molar-refractivity contribution is 0.0812. The summed E-state index contributed by atoms with van der Waals surface area (Å²) in [7, 11) is 0. The van der Waals surface area contributed by atoms with Crippen molar-refractivity contribution in [2.24, 2.45) is 0 Å². The molecule has 2 aromatic rings. The van der Waals surface area contributed by atoms with Crippen molar-refractivity contribution in [1.82, 2.24) is 4.90 Å². The first-order chi connectivity index (χ1) is 9.79. The number of nitriles is 1. The molecule has 3 rings (SSSR count). The van der Waals surface area contributed by atoms with Crippen LogP contribution in [0.25, 0.3) is 6.08 Å². The van der Waals surface area contributed by atoms with Crippen molar-refractivity contribution in [2.75, 3.05) is 0 Å². The molecule has 0 saturated heterocycles. The SMILES string of the molecule is N#Cc1ccccc1C(=O)N1C=Cc2ccccc2C1. The van der Waals surface area contributed by atoms with Crippen LogP contribution in [-0.2, 0) is 6.54 Å². The van der Waals surface area contributed by atoms with Gasteiger partial charge in [0, 0.05) is 6.20 Å². The molecular weight excluding hydrogens is 248 g/mol. The second kappa shape index (κ2) is 5.02. The van der Waals surface area contributed by atoms with Gasteiger partial charge in [0.05, 0.1) is 23.7 Å². The van der Waals surface area contributed by atoms with E-state index in [0.717, 1.165) is 11.1 Å². The van der Waals surface area contributed by atoms with Crippen LogP contribution in [0.2, 0.25) is 0 Å². The first kappa shape index (κ1) is 12.2. The minimum absolute atomic E-state index is 0.145. The molecule has 0 unspecified atom stereocenters. The summed E-state index contributed by atoms with van der Waals surface area (Å²) in [6.45, 7) is 0.533. The predicted octanol–water partition coefficient (Wildman–Crippen LogP) is 3.18. The molecule has 0 saturated carbocycles. The Morgan fingerprint density at radius 2 is 1.85 bits per heavy atom. The topological polar surface area (TPSA) is 44.1 Å². The summed E-state index contributed by atoms with van der Waals surface area (Å²) in [5.74, 6) is -0.145. The normalized spacial score (nSPS) is 12.7. The summed E-state index contributed by atoms with van der Waals surface area (Å²) in [6.07, 6.45) is 3.70. The molecule has 1 aliphatic rings. The molecule has 1 amide bonds. The Bertz CT molecular complexity index is 741. The molecule has 3 heteroatoms. The van der Waals surface area contributed by atoms with Gasteiger partial charge in [0.25, 0.3) is 5.91 Å². The zero-order valence-corrected chi connectivity index (χ0v) is 10.8. The van der Waals surface area contributed by atoms with Gasteiger partial charge in [-0.15, -0.1) is 0 Å². The second-order valence-corrected chi connectivity index (χ2v) is 4.60. The Kier molecular flexibility index (Phi) is 3.06. The van der Waals surface area contributed by atoms with Gasteiger partial charge in [-0.1, -0.05) is 36.4 Å². The molecule has 2 aromatic carbocycles. The summed E-state index contributed by atoms with van der Waals surface area (Å²) in [5, 5.41) is 9.08. The lowest BCUT2D eigenvalue weighted by Crippen LogP contribution is -2.28. The summed E-state index contributed by atoms with van der Waals surface area (Å²) in [5.41, 5.74) is 3.09. The van der Waals surface area contributed by atoms with Gasteiger partial charge in [0.15, 0.2) is 0 Å². The molecule has 1 heterocycles. The number of carbonyl (C=O) groups is 1. The second-order valence-electron chi connectivity index (χ2n) is 4.60. The smallest absolute Gasteiger partial charge is 0.259 e. The van der Waals surface area contributed by atoms with Crippen LogP contribution in [0.1, 0.15) is 27.0 Å². The first-order valence-electron chi connectivity index (χ1n) is 6.36. The largest absolute Gasteiger partial charge is 0.311 e. The highest BCUT2D eigenvalue weighted by molar-refractivity contribution is 5.97. The maximum atomic E-state index is 12.5. The maximum Gasteiger partial charge on any atom is 0.259 e. The van der Waals surface area contributed by atoms with E-state index in [1.807, 2.05) is 30.3 Å². The van der Waals surface area contributed by atoms with Gasteiger partial charge in [0.1, 0.15) is 0 Å². The summed E-state index contributed by atoms with van der Waals surface area (Å²) in [6, 6.07) is 16.9. The number of carbonyl (C=O) groups excluding carboxylic acids is 1. The van der Waals surface area contributed by atoms with Gasteiger partial charge in [-0.2, -0.15) is 5.26 Å². The zero-order valence-electron chi connectivity index (χ0n) is 10.8. The Morgan fingerprint density at radius 1 is 1.10 bits per heavy atom. The molecule has 3 nitrogen and oxygen atoms in total. The van der Waals surface area contributed by atoms with Crippen molar-refractivity contribution >= 4 is 12.0 Å². The van der Waals surface area contributed by atoms with E-state index < -0.39 is 0 Å². The van der Waals surface area contributed by atoms with Crippen molar-refractivity contribution in [2.45, 2.75) is 6.54 Å². The molecule has 0 spiro atoms. The van der Waals surface area contributed by atoms with Gasteiger partial charge in [0.2, 0.25) is 0 Å². The molecule has 0 atom stereocenters. The fourth-order valence-corrected chi connectivity index (χ4v) is 2.31. The number of rotatable bonds is 1. The number of amides is 1. The minimum Gasteiger partial charge on any atom is -0.311 e. The van der Waals surface area contributed by atoms with Crippen LogP contribution in [0.15, 0.2) is 54.7 Å². The van der Waals surface area contributed by atoms with Crippen molar-refractivity contribution < 1.29 is 4.79 Å². The Hall–Kier alpha value is -2.86. The van der Waals surface area contributed by atoms with Crippen LogP contribution < -0.4 is 0 Å². The average molecular weight is 260 g/mol. The van der Waals surface area contributed by atoms with Crippen molar-refractivity contribution in [3.05, 3.63) is 77.0 Å². The van der Waals surface area contributed by atoms with Gasteiger partial charge in [-0.3, -0.25) is 4.79 Å². The standard InChI is InChI=1S/C17H12N2O/c18-11-14-6-3-4-8-16(14)17(20)19-10-9-13-5-1-2-7-15(13)12-19/h1-10H,12H2. The minimum atomic E-state index is -0.145. The predicted molar refractivity (Wildman–Crippen MR) is 76.5 cm³/mol. The molecule has 0 fully saturated rings. The number of fused-ring (bicyclic) bond motifs is 1. The Morgan fingerprint density at radius 3 is 2.70 bits per heavy atom. The molecule has 0 aliphatic carbocycles. The zero-order chi connectivity index (χ0) is 13.9. The molecular formula is C17H12N2O. The Labute approximate surface area is 117 Å². The monoisotopic (exact) mass is 260 g/mol. The first-order valence-corrected chi connectivity index (χ1v) is 6.36. The highest BCUT2D eigenvalue weighted by Gasteiger charge is 2.20. The summed E-state index contributed by atoms with van der Waals surface area (Å²) in [4.78, 5) is 14.2. The van der Waals surface area contributed by atoms with Crippen LogP contribution in [-0.4, -0.2) is 10.8 Å². The molecule has 96 valence electrons. The van der Waals surface area contributed by atoms with Gasteiger partial charge in [-0.05, 0) is 29.3 Å². The van der Waals surface area contributed by atoms with E-state index in [1.54, 1.807) is 35.4 Å². The van der Waals surface area contributed by atoms with Crippen molar-refractivity contribution in [3.8, 4) is 6.07 Å². The van der Waals surface area contributed by atoms with E-state index in [4.69, 9.17) is 5.26 Å². The van der Waals surface area contributed by atoms with Crippen LogP contribution in [0.4, 0.5) is 0 Å². The van der Waals surface area contributed by atoms with Crippen LogP contribution in [0.3, 0.4) is 0 Å². The van der Waals surface area contributed by atoms with E-state index in [2.05, 4.69) is 6.07 Å². The number of nitrogens with zero attached hydrogens (tertiary/aromatic N) is 2. The van der Waals surface area contributed by atoms with Gasteiger partial charge < -0.3 is 4.90 Å². The van der Waals surface area contributed by atoms with Crippen LogP contribution in [0, 0.1) is 11.3 Å². The van der Waals surface area contributed by atoms with E-state index in [9.17, 15) is 4.79 Å².